The molecule has 1 aliphatic rings. The van der Waals surface area contributed by atoms with Crippen molar-refractivity contribution in [2.45, 2.75) is 45.2 Å². The summed E-state index contributed by atoms with van der Waals surface area (Å²) in [5, 5.41) is 26.4. The first kappa shape index (κ1) is 16.8. The molecule has 0 aromatic carbocycles. The minimum atomic E-state index is -0.935. The maximum absolute atomic E-state index is 10.2. The third kappa shape index (κ3) is 5.44. The van der Waals surface area contributed by atoms with Crippen molar-refractivity contribution in [2.24, 2.45) is 11.7 Å². The van der Waals surface area contributed by atoms with Gasteiger partial charge in [-0.25, -0.2) is 0 Å². The number of aliphatic carboxylic acids is 2. The maximum Gasteiger partial charge on any atom is 0.323 e. The fourth-order valence-electron chi connectivity index (χ4n) is 1.50. The Bertz CT molecular complexity index is 285. The van der Waals surface area contributed by atoms with Gasteiger partial charge in [0.15, 0.2) is 0 Å². The Morgan fingerprint density at radius 3 is 2.17 bits per heavy atom. The van der Waals surface area contributed by atoms with Crippen LogP contribution in [0.3, 0.4) is 0 Å². The number of carboxylic acids is 2. The lowest BCUT2D eigenvalue weighted by atomic mass is 10.0. The summed E-state index contributed by atoms with van der Waals surface area (Å²) < 4.78 is 0. The molecular formula is C11H22N2O5. The van der Waals surface area contributed by atoms with Gasteiger partial charge in [0.1, 0.15) is 12.1 Å². The molecule has 0 aliphatic carbocycles. The van der Waals surface area contributed by atoms with Gasteiger partial charge in [-0.05, 0) is 18.8 Å². The number of nitrogens with zero attached hydrogens (tertiary/aromatic N) is 1. The lowest BCUT2D eigenvalue weighted by Crippen LogP contribution is -2.36. The predicted octanol–water partition coefficient (Wildman–Crippen LogP) is 0.369. The van der Waals surface area contributed by atoms with E-state index in [-0.39, 0.29) is 5.92 Å². The van der Waals surface area contributed by atoms with Crippen molar-refractivity contribution >= 4 is 11.9 Å². The normalized spacial score (nSPS) is 22.8. The third-order valence-electron chi connectivity index (χ3n) is 3.05. The zero-order valence-electron chi connectivity index (χ0n) is 10.7. The van der Waals surface area contributed by atoms with E-state index < -0.39 is 24.0 Å². The molecular weight excluding hydrogens is 240 g/mol. The second-order valence-electron chi connectivity index (χ2n) is 4.41. The molecule has 0 radical (unpaired) electrons. The molecule has 18 heavy (non-hydrogen) atoms. The molecule has 0 aromatic rings. The molecule has 0 aromatic heterocycles. The van der Waals surface area contributed by atoms with Crippen molar-refractivity contribution in [3.8, 4) is 0 Å². The van der Waals surface area contributed by atoms with Crippen molar-refractivity contribution in [2.75, 3.05) is 6.54 Å². The Morgan fingerprint density at radius 1 is 1.44 bits per heavy atom. The molecule has 1 fully saturated rings. The van der Waals surface area contributed by atoms with E-state index in [9.17, 15) is 9.59 Å². The van der Waals surface area contributed by atoms with Crippen LogP contribution < -0.4 is 5.73 Å². The molecule has 106 valence electrons. The van der Waals surface area contributed by atoms with E-state index in [1.165, 1.54) is 0 Å². The summed E-state index contributed by atoms with van der Waals surface area (Å²) >= 11 is 0. The molecule has 3 atom stereocenters. The first-order chi connectivity index (χ1) is 8.31. The van der Waals surface area contributed by atoms with Gasteiger partial charge in [-0.2, -0.15) is 5.06 Å². The zero-order valence-corrected chi connectivity index (χ0v) is 10.7. The molecule has 0 saturated carbocycles. The van der Waals surface area contributed by atoms with Crippen LogP contribution in [0.25, 0.3) is 0 Å². The molecule has 5 N–H and O–H groups in total. The smallest absolute Gasteiger partial charge is 0.323 e. The number of nitrogens with two attached hydrogens (primary N) is 1. The van der Waals surface area contributed by atoms with Gasteiger partial charge < -0.3 is 21.2 Å². The fourth-order valence-corrected chi connectivity index (χ4v) is 1.50. The molecule has 1 aliphatic heterocycles. The van der Waals surface area contributed by atoms with Crippen LogP contribution in [0.5, 0.6) is 0 Å². The number of carbonyl (C=O) groups is 2. The minimum Gasteiger partial charge on any atom is -0.480 e. The topological polar surface area (TPSA) is 124 Å². The van der Waals surface area contributed by atoms with Crippen molar-refractivity contribution in [3.05, 3.63) is 0 Å². The van der Waals surface area contributed by atoms with Gasteiger partial charge in [-0.3, -0.25) is 9.59 Å². The molecule has 1 rings (SSSR count). The summed E-state index contributed by atoms with van der Waals surface area (Å²) in [5.74, 6) is -1.78. The van der Waals surface area contributed by atoms with Crippen LogP contribution in [0.2, 0.25) is 0 Å². The van der Waals surface area contributed by atoms with Gasteiger partial charge >= 0.3 is 11.9 Å². The Hall–Kier alpha value is -1.18. The monoisotopic (exact) mass is 262 g/mol. The van der Waals surface area contributed by atoms with Gasteiger partial charge in [0.25, 0.3) is 0 Å². The average molecular weight is 262 g/mol. The van der Waals surface area contributed by atoms with E-state index in [2.05, 4.69) is 0 Å². The molecule has 0 amide bonds. The van der Waals surface area contributed by atoms with Crippen LogP contribution in [0, 0.1) is 5.92 Å². The summed E-state index contributed by atoms with van der Waals surface area (Å²) in [6.45, 7) is 4.24. The molecule has 1 saturated heterocycles. The van der Waals surface area contributed by atoms with Crippen LogP contribution in [0.1, 0.15) is 33.1 Å². The number of hydrogen-bond donors (Lipinski definition) is 4. The van der Waals surface area contributed by atoms with E-state index in [4.69, 9.17) is 21.2 Å². The Labute approximate surface area is 106 Å². The second kappa shape index (κ2) is 8.02. The first-order valence-electron chi connectivity index (χ1n) is 5.97. The Morgan fingerprint density at radius 2 is 2.00 bits per heavy atom. The molecule has 7 heteroatoms. The summed E-state index contributed by atoms with van der Waals surface area (Å²) in [6, 6.07) is -1.36. The minimum absolute atomic E-state index is 0.0718. The van der Waals surface area contributed by atoms with Crippen LogP contribution >= 0.6 is 0 Å². The summed E-state index contributed by atoms with van der Waals surface area (Å²) in [5.41, 5.74) is 5.27. The molecule has 1 heterocycles. The van der Waals surface area contributed by atoms with E-state index in [0.717, 1.165) is 17.9 Å². The molecule has 0 bridgehead atoms. The highest BCUT2D eigenvalue weighted by Crippen LogP contribution is 2.13. The SMILES string of the molecule is CCC(C)[C@H](N)C(=O)O.O=C(O)[C@@H]1CCCN1O. The van der Waals surface area contributed by atoms with Gasteiger partial charge in [0.2, 0.25) is 0 Å². The summed E-state index contributed by atoms with van der Waals surface area (Å²) in [4.78, 5) is 20.4. The van der Waals surface area contributed by atoms with Gasteiger partial charge in [0.05, 0.1) is 0 Å². The number of hydrogen-bond acceptors (Lipinski definition) is 5. The summed E-state index contributed by atoms with van der Waals surface area (Å²) in [6.07, 6.45) is 2.15. The van der Waals surface area contributed by atoms with Gasteiger partial charge in [-0.15, -0.1) is 0 Å². The van der Waals surface area contributed by atoms with Crippen molar-refractivity contribution < 1.29 is 25.0 Å². The Balaban J connectivity index is 0.000000321. The lowest BCUT2D eigenvalue weighted by Gasteiger charge is -2.11. The van der Waals surface area contributed by atoms with E-state index in [1.807, 2.05) is 13.8 Å². The predicted molar refractivity (Wildman–Crippen MR) is 64.2 cm³/mol. The highest BCUT2D eigenvalue weighted by Gasteiger charge is 2.28. The number of carboxylic acid groups (broad SMARTS) is 2. The van der Waals surface area contributed by atoms with Crippen LogP contribution in [-0.2, 0) is 9.59 Å². The van der Waals surface area contributed by atoms with Crippen molar-refractivity contribution in [3.63, 3.8) is 0 Å². The van der Waals surface area contributed by atoms with E-state index >= 15 is 0 Å². The highest BCUT2D eigenvalue weighted by molar-refractivity contribution is 5.73. The quantitative estimate of drug-likeness (QED) is 0.577. The van der Waals surface area contributed by atoms with Crippen LogP contribution in [0.4, 0.5) is 0 Å². The molecule has 1 unspecified atom stereocenters. The lowest BCUT2D eigenvalue weighted by molar-refractivity contribution is -0.161. The standard InChI is InChI=1S/C6H13NO2.C5H9NO3/c1-3-4(2)5(7)6(8)9;7-5(8)4-2-1-3-6(4)9/h4-5H,3,7H2,1-2H3,(H,8,9);4,9H,1-3H2,(H,7,8)/t4?,5-;4-/m00/s1. The third-order valence-corrected chi connectivity index (χ3v) is 3.05. The van der Waals surface area contributed by atoms with E-state index in [0.29, 0.717) is 13.0 Å². The largest absolute Gasteiger partial charge is 0.480 e. The fraction of sp³-hybridized carbons (Fsp3) is 0.818. The second-order valence-corrected chi connectivity index (χ2v) is 4.41. The average Bonchev–Trinajstić information content (AvgIpc) is 2.74. The first-order valence-corrected chi connectivity index (χ1v) is 5.97. The van der Waals surface area contributed by atoms with Crippen LogP contribution in [0.15, 0.2) is 0 Å². The van der Waals surface area contributed by atoms with Gasteiger partial charge in [0, 0.05) is 6.54 Å². The molecule has 7 nitrogen and oxygen atoms in total. The van der Waals surface area contributed by atoms with E-state index in [1.54, 1.807) is 0 Å². The van der Waals surface area contributed by atoms with Crippen LogP contribution in [-0.4, -0.2) is 51.1 Å². The summed E-state index contributed by atoms with van der Waals surface area (Å²) in [7, 11) is 0. The van der Waals surface area contributed by atoms with Gasteiger partial charge in [-0.1, -0.05) is 20.3 Å². The molecule has 0 spiro atoms. The highest BCUT2D eigenvalue weighted by atomic mass is 16.5. The maximum atomic E-state index is 10.2. The Kier molecular flexibility index (Phi) is 7.49. The zero-order chi connectivity index (χ0) is 14.3. The van der Waals surface area contributed by atoms with Crippen molar-refractivity contribution in [1.82, 2.24) is 5.06 Å². The number of hydroxylamine groups is 2. The number of rotatable bonds is 4. The van der Waals surface area contributed by atoms with Crippen molar-refractivity contribution in [1.29, 1.82) is 0 Å².